The molecule has 1 heterocycles. The molecule has 0 amide bonds. The third kappa shape index (κ3) is 3.66. The van der Waals surface area contributed by atoms with Crippen molar-refractivity contribution >= 4 is 5.82 Å². The van der Waals surface area contributed by atoms with E-state index in [1.807, 2.05) is 19.9 Å². The Labute approximate surface area is 104 Å². The molecule has 0 saturated carbocycles. The number of rotatable bonds is 6. The van der Waals surface area contributed by atoms with Gasteiger partial charge in [0.2, 0.25) is 0 Å². The van der Waals surface area contributed by atoms with Gasteiger partial charge < -0.3 is 10.0 Å². The third-order valence-electron chi connectivity index (χ3n) is 2.97. The van der Waals surface area contributed by atoms with Crippen molar-refractivity contribution in [3.63, 3.8) is 0 Å². The minimum Gasteiger partial charge on any atom is -0.395 e. The second-order valence-electron chi connectivity index (χ2n) is 4.30. The zero-order valence-corrected chi connectivity index (χ0v) is 11.3. The van der Waals surface area contributed by atoms with Gasteiger partial charge in [0.05, 0.1) is 6.61 Å². The normalized spacial score (nSPS) is 10.9. The molecule has 0 aliphatic heterocycles. The molecule has 0 spiro atoms. The van der Waals surface area contributed by atoms with Crippen molar-refractivity contribution in [2.24, 2.45) is 0 Å². The van der Waals surface area contributed by atoms with Gasteiger partial charge in [-0.2, -0.15) is 0 Å². The Hall–Kier alpha value is -1.16. The van der Waals surface area contributed by atoms with Gasteiger partial charge in [-0.1, -0.05) is 13.8 Å². The maximum Gasteiger partial charge on any atom is 0.132 e. The summed E-state index contributed by atoms with van der Waals surface area (Å²) in [6, 6.07) is 2.41. The molecule has 1 aromatic rings. The lowest BCUT2D eigenvalue weighted by atomic mass is 10.1. The Morgan fingerprint density at radius 3 is 2.35 bits per heavy atom. The molecule has 4 nitrogen and oxygen atoms in total. The Balaban J connectivity index is 3.03. The topological polar surface area (TPSA) is 49.2 Å². The fourth-order valence-corrected chi connectivity index (χ4v) is 2.17. The van der Waals surface area contributed by atoms with Crippen LogP contribution in [0.4, 0.5) is 5.82 Å². The van der Waals surface area contributed by atoms with Crippen LogP contribution >= 0.6 is 0 Å². The number of hydrogen-bond acceptors (Lipinski definition) is 4. The molecule has 17 heavy (non-hydrogen) atoms. The van der Waals surface area contributed by atoms with Crippen LogP contribution < -0.4 is 4.90 Å². The van der Waals surface area contributed by atoms with Crippen molar-refractivity contribution in [2.75, 3.05) is 18.1 Å². The molecule has 0 bridgehead atoms. The average molecular weight is 237 g/mol. The summed E-state index contributed by atoms with van der Waals surface area (Å²) >= 11 is 0. The van der Waals surface area contributed by atoms with E-state index in [0.29, 0.717) is 12.6 Å². The van der Waals surface area contributed by atoms with E-state index < -0.39 is 0 Å². The number of nitrogens with zero attached hydrogens (tertiary/aromatic N) is 3. The standard InChI is InChI=1S/C13H23N3O/c1-5-12(6-2)16(7-8-17)13-9-10(3)14-11(4)15-13/h9,12,17H,5-8H2,1-4H3. The van der Waals surface area contributed by atoms with E-state index in [1.165, 1.54) is 0 Å². The molecule has 0 aliphatic rings. The summed E-state index contributed by atoms with van der Waals surface area (Å²) in [5.74, 6) is 1.71. The predicted octanol–water partition coefficient (Wildman–Crippen LogP) is 2.08. The Kier molecular flexibility index (Phi) is 5.35. The Morgan fingerprint density at radius 1 is 1.24 bits per heavy atom. The van der Waals surface area contributed by atoms with Gasteiger partial charge in [0.15, 0.2) is 0 Å². The van der Waals surface area contributed by atoms with Crippen LogP contribution in [0.15, 0.2) is 6.07 Å². The maximum absolute atomic E-state index is 9.19. The van der Waals surface area contributed by atoms with E-state index in [2.05, 4.69) is 28.7 Å². The molecule has 0 radical (unpaired) electrons. The highest BCUT2D eigenvalue weighted by Crippen LogP contribution is 2.18. The fourth-order valence-electron chi connectivity index (χ4n) is 2.17. The van der Waals surface area contributed by atoms with Crippen molar-refractivity contribution in [3.05, 3.63) is 17.6 Å². The van der Waals surface area contributed by atoms with Crippen LogP contribution in [0.25, 0.3) is 0 Å². The fraction of sp³-hybridized carbons (Fsp3) is 0.692. The Morgan fingerprint density at radius 2 is 1.88 bits per heavy atom. The smallest absolute Gasteiger partial charge is 0.132 e. The molecule has 0 fully saturated rings. The molecule has 1 N–H and O–H groups in total. The second-order valence-corrected chi connectivity index (χ2v) is 4.30. The summed E-state index contributed by atoms with van der Waals surface area (Å²) in [4.78, 5) is 10.9. The van der Waals surface area contributed by atoms with Crippen molar-refractivity contribution < 1.29 is 5.11 Å². The van der Waals surface area contributed by atoms with Gasteiger partial charge in [-0.05, 0) is 26.7 Å². The molecule has 1 rings (SSSR count). The first-order valence-corrected chi connectivity index (χ1v) is 6.32. The van der Waals surface area contributed by atoms with Crippen molar-refractivity contribution in [1.29, 1.82) is 0 Å². The van der Waals surface area contributed by atoms with E-state index in [4.69, 9.17) is 0 Å². The van der Waals surface area contributed by atoms with Gasteiger partial charge in [0, 0.05) is 24.3 Å². The minimum absolute atomic E-state index is 0.151. The SMILES string of the molecule is CCC(CC)N(CCO)c1cc(C)nc(C)n1. The number of aromatic nitrogens is 2. The van der Waals surface area contributed by atoms with E-state index in [1.54, 1.807) is 0 Å². The summed E-state index contributed by atoms with van der Waals surface area (Å²) < 4.78 is 0. The summed E-state index contributed by atoms with van der Waals surface area (Å²) in [7, 11) is 0. The lowest BCUT2D eigenvalue weighted by Crippen LogP contribution is -2.37. The maximum atomic E-state index is 9.19. The van der Waals surface area contributed by atoms with Gasteiger partial charge in [-0.25, -0.2) is 9.97 Å². The molecule has 4 heteroatoms. The third-order valence-corrected chi connectivity index (χ3v) is 2.97. The van der Waals surface area contributed by atoms with Crippen LogP contribution in [0.3, 0.4) is 0 Å². The first-order chi connectivity index (χ1) is 8.12. The minimum atomic E-state index is 0.151. The van der Waals surface area contributed by atoms with Gasteiger partial charge >= 0.3 is 0 Å². The number of aryl methyl sites for hydroxylation is 2. The van der Waals surface area contributed by atoms with Crippen molar-refractivity contribution in [1.82, 2.24) is 9.97 Å². The van der Waals surface area contributed by atoms with Gasteiger partial charge in [0.25, 0.3) is 0 Å². The van der Waals surface area contributed by atoms with Crippen molar-refractivity contribution in [2.45, 2.75) is 46.6 Å². The Bertz CT molecular complexity index is 330. The summed E-state index contributed by atoms with van der Waals surface area (Å²) in [6.07, 6.45) is 2.11. The quantitative estimate of drug-likeness (QED) is 0.823. The van der Waals surface area contributed by atoms with Crippen molar-refractivity contribution in [3.8, 4) is 0 Å². The highest BCUT2D eigenvalue weighted by atomic mass is 16.3. The van der Waals surface area contributed by atoms with E-state index >= 15 is 0 Å². The molecule has 0 unspecified atom stereocenters. The van der Waals surface area contributed by atoms with Crippen LogP contribution in [0, 0.1) is 13.8 Å². The molecule has 0 atom stereocenters. The summed E-state index contributed by atoms with van der Waals surface area (Å²) in [6.45, 7) is 8.99. The predicted molar refractivity (Wildman–Crippen MR) is 70.3 cm³/mol. The molecule has 0 saturated heterocycles. The number of aliphatic hydroxyl groups is 1. The average Bonchev–Trinajstić information content (AvgIpc) is 2.28. The summed E-state index contributed by atoms with van der Waals surface area (Å²) in [5, 5.41) is 9.19. The van der Waals surface area contributed by atoms with Crippen LogP contribution in [0.5, 0.6) is 0 Å². The number of anilines is 1. The van der Waals surface area contributed by atoms with Crippen LogP contribution in [-0.2, 0) is 0 Å². The van der Waals surface area contributed by atoms with Gasteiger partial charge in [-0.3, -0.25) is 0 Å². The molecule has 0 aromatic carbocycles. The molecule has 1 aromatic heterocycles. The monoisotopic (exact) mass is 237 g/mol. The highest BCUT2D eigenvalue weighted by Gasteiger charge is 2.17. The van der Waals surface area contributed by atoms with Gasteiger partial charge in [0.1, 0.15) is 11.6 Å². The first-order valence-electron chi connectivity index (χ1n) is 6.32. The van der Waals surface area contributed by atoms with E-state index in [-0.39, 0.29) is 6.61 Å². The van der Waals surface area contributed by atoms with Crippen LogP contribution in [-0.4, -0.2) is 34.3 Å². The van der Waals surface area contributed by atoms with Crippen LogP contribution in [0.2, 0.25) is 0 Å². The van der Waals surface area contributed by atoms with E-state index in [0.717, 1.165) is 30.2 Å². The number of hydrogen-bond donors (Lipinski definition) is 1. The molecular formula is C13H23N3O. The lowest BCUT2D eigenvalue weighted by Gasteiger charge is -2.31. The number of aliphatic hydroxyl groups excluding tert-OH is 1. The lowest BCUT2D eigenvalue weighted by molar-refractivity contribution is 0.295. The highest BCUT2D eigenvalue weighted by molar-refractivity contribution is 5.41. The van der Waals surface area contributed by atoms with E-state index in [9.17, 15) is 5.11 Å². The van der Waals surface area contributed by atoms with Crippen LogP contribution in [0.1, 0.15) is 38.2 Å². The zero-order chi connectivity index (χ0) is 12.8. The van der Waals surface area contributed by atoms with Gasteiger partial charge in [-0.15, -0.1) is 0 Å². The zero-order valence-electron chi connectivity index (χ0n) is 11.3. The molecule has 96 valence electrons. The second kappa shape index (κ2) is 6.55. The molecule has 0 aliphatic carbocycles. The molecular weight excluding hydrogens is 214 g/mol. The summed E-state index contributed by atoms with van der Waals surface area (Å²) in [5.41, 5.74) is 0.974. The largest absolute Gasteiger partial charge is 0.395 e. The first kappa shape index (κ1) is 13.9.